The van der Waals surface area contributed by atoms with Crippen molar-refractivity contribution in [2.75, 3.05) is 13.2 Å². The van der Waals surface area contributed by atoms with Gasteiger partial charge in [0.15, 0.2) is 17.6 Å². The Kier molecular flexibility index (Phi) is 9.75. The molecule has 1 N–H and O–H groups in total. The molecule has 3 aromatic rings. The van der Waals surface area contributed by atoms with Crippen LogP contribution in [0.15, 0.2) is 71.8 Å². The second kappa shape index (κ2) is 13.4. The van der Waals surface area contributed by atoms with Gasteiger partial charge in [0.2, 0.25) is 0 Å². The molecule has 0 aliphatic carbocycles. The van der Waals surface area contributed by atoms with Crippen molar-refractivity contribution in [1.29, 1.82) is 0 Å². The topological polar surface area (TPSA) is 139 Å². The lowest BCUT2D eigenvalue weighted by Crippen LogP contribution is -2.33. The number of hydrogen-bond donors (Lipinski definition) is 1. The average Bonchev–Trinajstić information content (AvgIpc) is 2.91. The van der Waals surface area contributed by atoms with E-state index in [0.717, 1.165) is 0 Å². The second-order valence-corrected chi connectivity index (χ2v) is 7.73. The summed E-state index contributed by atoms with van der Waals surface area (Å²) in [5.74, 6) is 0.449. The highest BCUT2D eigenvalue weighted by molar-refractivity contribution is 5.92. The number of esters is 1. The van der Waals surface area contributed by atoms with Crippen LogP contribution in [0.1, 0.15) is 36.7 Å². The molecular weight excluding hydrogens is 494 g/mol. The monoisotopic (exact) mass is 521 g/mol. The number of hydrogen-bond acceptors (Lipinski definition) is 9. The van der Waals surface area contributed by atoms with E-state index in [1.807, 2.05) is 6.92 Å². The average molecular weight is 522 g/mol. The molecule has 0 spiro atoms. The summed E-state index contributed by atoms with van der Waals surface area (Å²) in [4.78, 5) is 35.1. The molecule has 0 saturated carbocycles. The summed E-state index contributed by atoms with van der Waals surface area (Å²) in [5, 5.41) is 14.7. The lowest BCUT2D eigenvalue weighted by molar-refractivity contribution is -0.384. The van der Waals surface area contributed by atoms with Crippen LogP contribution in [-0.4, -0.2) is 42.3 Å². The van der Waals surface area contributed by atoms with E-state index in [2.05, 4.69) is 10.5 Å². The van der Waals surface area contributed by atoms with Crippen molar-refractivity contribution in [2.24, 2.45) is 5.10 Å². The molecular formula is C27H27N3O8. The Balaban J connectivity index is 1.60. The zero-order chi connectivity index (χ0) is 27.5. The number of carbonyl (C=O) groups excluding carboxylic acids is 2. The van der Waals surface area contributed by atoms with Gasteiger partial charge < -0.3 is 18.9 Å². The minimum atomic E-state index is -0.906. The fraction of sp³-hybridized carbons (Fsp3) is 0.222. The van der Waals surface area contributed by atoms with E-state index < -0.39 is 22.9 Å². The maximum Gasteiger partial charge on any atom is 0.343 e. The number of benzene rings is 3. The van der Waals surface area contributed by atoms with E-state index in [-0.39, 0.29) is 11.4 Å². The third kappa shape index (κ3) is 7.79. The van der Waals surface area contributed by atoms with Crippen LogP contribution in [-0.2, 0) is 4.79 Å². The molecule has 198 valence electrons. The van der Waals surface area contributed by atoms with Crippen LogP contribution in [0, 0.1) is 10.1 Å². The first-order valence-corrected chi connectivity index (χ1v) is 11.8. The number of hydrazone groups is 1. The molecule has 0 aliphatic rings. The lowest BCUT2D eigenvalue weighted by atomic mass is 10.2. The first-order valence-electron chi connectivity index (χ1n) is 11.8. The number of amides is 1. The SMILES string of the molecule is CCOc1ccc(C(=O)Oc2ccc(/C=N\NC(=O)[C@H](C)Oc3ccc([N+](=O)[O-])cc3)cc2OCC)cc1. The van der Waals surface area contributed by atoms with Gasteiger partial charge in [0.25, 0.3) is 11.6 Å². The molecule has 0 fully saturated rings. The van der Waals surface area contributed by atoms with Gasteiger partial charge in [-0.3, -0.25) is 14.9 Å². The van der Waals surface area contributed by atoms with Crippen LogP contribution in [0.5, 0.6) is 23.0 Å². The zero-order valence-corrected chi connectivity index (χ0v) is 21.1. The minimum Gasteiger partial charge on any atom is -0.494 e. The molecule has 0 aromatic heterocycles. The molecule has 0 radical (unpaired) electrons. The fourth-order valence-corrected chi connectivity index (χ4v) is 3.14. The van der Waals surface area contributed by atoms with Crippen LogP contribution >= 0.6 is 0 Å². The molecule has 3 aromatic carbocycles. The van der Waals surface area contributed by atoms with Crippen LogP contribution in [0.25, 0.3) is 0 Å². The number of rotatable bonds is 12. The predicted octanol–water partition coefficient (Wildman–Crippen LogP) is 4.53. The van der Waals surface area contributed by atoms with Crippen molar-refractivity contribution < 1.29 is 33.5 Å². The Morgan fingerprint density at radius 2 is 1.61 bits per heavy atom. The Hall–Kier alpha value is -4.93. The van der Waals surface area contributed by atoms with Gasteiger partial charge in [-0.2, -0.15) is 5.10 Å². The van der Waals surface area contributed by atoms with Gasteiger partial charge in [-0.05, 0) is 80.9 Å². The molecule has 3 rings (SSSR count). The number of nitro benzene ring substituents is 1. The van der Waals surface area contributed by atoms with Crippen molar-refractivity contribution in [2.45, 2.75) is 26.9 Å². The Morgan fingerprint density at radius 3 is 2.24 bits per heavy atom. The molecule has 0 bridgehead atoms. The smallest absolute Gasteiger partial charge is 0.343 e. The van der Waals surface area contributed by atoms with Crippen molar-refractivity contribution in [3.05, 3.63) is 88.0 Å². The number of nitrogens with one attached hydrogen (secondary N) is 1. The molecule has 0 aliphatic heterocycles. The van der Waals surface area contributed by atoms with Crippen LogP contribution in [0.3, 0.4) is 0 Å². The van der Waals surface area contributed by atoms with E-state index in [1.165, 1.54) is 37.4 Å². The third-order valence-corrected chi connectivity index (χ3v) is 4.99. The van der Waals surface area contributed by atoms with Crippen LogP contribution in [0.4, 0.5) is 5.69 Å². The Morgan fingerprint density at radius 1 is 0.947 bits per heavy atom. The normalized spacial score (nSPS) is 11.4. The summed E-state index contributed by atoms with van der Waals surface area (Å²) >= 11 is 0. The van der Waals surface area contributed by atoms with Crippen molar-refractivity contribution >= 4 is 23.8 Å². The van der Waals surface area contributed by atoms with Crippen LogP contribution in [0.2, 0.25) is 0 Å². The van der Waals surface area contributed by atoms with E-state index in [9.17, 15) is 19.7 Å². The Bertz CT molecular complexity index is 1290. The second-order valence-electron chi connectivity index (χ2n) is 7.73. The zero-order valence-electron chi connectivity index (χ0n) is 21.1. The summed E-state index contributed by atoms with van der Waals surface area (Å²) in [6, 6.07) is 16.8. The summed E-state index contributed by atoms with van der Waals surface area (Å²) in [7, 11) is 0. The van der Waals surface area contributed by atoms with Crippen molar-refractivity contribution in [3.63, 3.8) is 0 Å². The number of nitrogens with zero attached hydrogens (tertiary/aromatic N) is 2. The van der Waals surface area contributed by atoms with Gasteiger partial charge in [0, 0.05) is 12.1 Å². The van der Waals surface area contributed by atoms with Gasteiger partial charge in [-0.25, -0.2) is 10.2 Å². The number of ether oxygens (including phenoxy) is 4. The summed E-state index contributed by atoms with van der Waals surface area (Å²) in [5.41, 5.74) is 3.23. The quantitative estimate of drug-likeness (QED) is 0.121. The van der Waals surface area contributed by atoms with Crippen molar-refractivity contribution in [1.82, 2.24) is 5.43 Å². The number of nitro groups is 1. The maximum atomic E-state index is 12.6. The number of non-ortho nitro benzene ring substituents is 1. The van der Waals surface area contributed by atoms with Crippen LogP contribution < -0.4 is 24.4 Å². The molecule has 0 saturated heterocycles. The van der Waals surface area contributed by atoms with Gasteiger partial charge in [0.05, 0.1) is 29.9 Å². The summed E-state index contributed by atoms with van der Waals surface area (Å²) < 4.78 is 22.0. The Labute approximate surface area is 219 Å². The molecule has 0 heterocycles. The maximum absolute atomic E-state index is 12.6. The van der Waals surface area contributed by atoms with Crippen molar-refractivity contribution in [3.8, 4) is 23.0 Å². The van der Waals surface area contributed by atoms with Gasteiger partial charge in [0.1, 0.15) is 11.5 Å². The minimum absolute atomic E-state index is 0.0811. The summed E-state index contributed by atoms with van der Waals surface area (Å²) in [6.07, 6.45) is 0.494. The number of carbonyl (C=O) groups is 2. The molecule has 1 atom stereocenters. The fourth-order valence-electron chi connectivity index (χ4n) is 3.14. The molecule has 11 nitrogen and oxygen atoms in total. The highest BCUT2D eigenvalue weighted by atomic mass is 16.6. The van der Waals surface area contributed by atoms with Gasteiger partial charge in [-0.1, -0.05) is 0 Å². The largest absolute Gasteiger partial charge is 0.494 e. The van der Waals surface area contributed by atoms with E-state index in [1.54, 1.807) is 49.4 Å². The highest BCUT2D eigenvalue weighted by Gasteiger charge is 2.16. The molecule has 11 heteroatoms. The van der Waals surface area contributed by atoms with Gasteiger partial charge >= 0.3 is 5.97 Å². The van der Waals surface area contributed by atoms with E-state index in [4.69, 9.17) is 18.9 Å². The molecule has 38 heavy (non-hydrogen) atoms. The third-order valence-electron chi connectivity index (χ3n) is 4.99. The molecule has 1 amide bonds. The standard InChI is InChI=1S/C27H27N3O8/c1-4-35-22-11-7-20(8-12-22)27(32)38-24-15-6-19(16-25(24)36-5-2)17-28-29-26(31)18(3)37-23-13-9-21(10-14-23)30(33)34/h6-18H,4-5H2,1-3H3,(H,29,31)/b28-17-/t18-/m0/s1. The molecule has 0 unspecified atom stereocenters. The first-order chi connectivity index (χ1) is 18.3. The lowest BCUT2D eigenvalue weighted by Gasteiger charge is -2.13. The first kappa shape index (κ1) is 27.7. The highest BCUT2D eigenvalue weighted by Crippen LogP contribution is 2.29. The predicted molar refractivity (Wildman–Crippen MR) is 139 cm³/mol. The van der Waals surface area contributed by atoms with E-state index >= 15 is 0 Å². The summed E-state index contributed by atoms with van der Waals surface area (Å²) in [6.45, 7) is 6.05. The van der Waals surface area contributed by atoms with Gasteiger partial charge in [-0.15, -0.1) is 0 Å². The van der Waals surface area contributed by atoms with E-state index in [0.29, 0.717) is 41.6 Å².